The number of carboxylic acids is 1. The van der Waals surface area contributed by atoms with Crippen LogP contribution in [0, 0.1) is 0 Å². The van der Waals surface area contributed by atoms with Crippen LogP contribution in [-0.2, 0) is 33.3 Å². The first kappa shape index (κ1) is 66.0. The van der Waals surface area contributed by atoms with E-state index in [4.69, 9.17) is 18.9 Å². The summed E-state index contributed by atoms with van der Waals surface area (Å²) < 4.78 is 22.6. The lowest BCUT2D eigenvalue weighted by molar-refractivity contribution is -0.870. The van der Waals surface area contributed by atoms with Gasteiger partial charge < -0.3 is 33.3 Å². The number of aliphatic carboxylic acids is 1. The van der Waals surface area contributed by atoms with Gasteiger partial charge in [0.25, 0.3) is 0 Å². The quantitative estimate of drug-likeness (QED) is 0.0195. The van der Waals surface area contributed by atoms with Crippen LogP contribution in [0.25, 0.3) is 0 Å². The van der Waals surface area contributed by atoms with Crippen LogP contribution in [0.5, 0.6) is 0 Å². The van der Waals surface area contributed by atoms with E-state index in [2.05, 4.69) is 123 Å². The predicted octanol–water partition coefficient (Wildman–Crippen LogP) is 14.6. The number of carbonyl (C=O) groups is 3. The molecule has 0 heterocycles. The van der Waals surface area contributed by atoms with Gasteiger partial charge in [0.15, 0.2) is 12.4 Å². The molecule has 0 bridgehead atoms. The summed E-state index contributed by atoms with van der Waals surface area (Å²) >= 11 is 0. The molecule has 0 aromatic heterocycles. The van der Waals surface area contributed by atoms with Gasteiger partial charge in [0.2, 0.25) is 0 Å². The van der Waals surface area contributed by atoms with Gasteiger partial charge in [0.1, 0.15) is 13.2 Å². The highest BCUT2D eigenvalue weighted by Gasteiger charge is 2.22. The van der Waals surface area contributed by atoms with Crippen molar-refractivity contribution in [3.05, 3.63) is 109 Å². The Morgan fingerprint density at radius 3 is 1.23 bits per heavy atom. The lowest BCUT2D eigenvalue weighted by Gasteiger charge is -2.26. The zero-order chi connectivity index (χ0) is 51.3. The van der Waals surface area contributed by atoms with Crippen LogP contribution in [-0.4, -0.2) is 82.3 Å². The molecule has 2 atom stereocenters. The maximum Gasteiger partial charge on any atom is 0.306 e. The summed E-state index contributed by atoms with van der Waals surface area (Å²) in [5.41, 5.74) is 0. The molecule has 0 aromatic rings. The minimum absolute atomic E-state index is 0.139. The Kier molecular flexibility index (Phi) is 48.3. The topological polar surface area (TPSA) is 111 Å². The van der Waals surface area contributed by atoms with Gasteiger partial charge in [-0.2, -0.15) is 0 Å². The van der Waals surface area contributed by atoms with Crippen LogP contribution in [0.2, 0.25) is 0 Å². The second kappa shape index (κ2) is 51.3. The summed E-state index contributed by atoms with van der Waals surface area (Å²) in [4.78, 5) is 37.1. The summed E-state index contributed by atoms with van der Waals surface area (Å²) in [7, 11) is 5.90. The van der Waals surface area contributed by atoms with Gasteiger partial charge in [0, 0.05) is 12.8 Å². The highest BCUT2D eigenvalue weighted by Crippen LogP contribution is 2.14. The lowest BCUT2D eigenvalue weighted by Crippen LogP contribution is -2.44. The zero-order valence-electron chi connectivity index (χ0n) is 45.1. The molecule has 0 fully saturated rings. The molecule has 9 heteroatoms. The molecule has 0 saturated heterocycles. The number of carbonyl (C=O) groups excluding carboxylic acids is 3. The Labute approximate surface area is 428 Å². The molecule has 70 heavy (non-hydrogen) atoms. The summed E-state index contributed by atoms with van der Waals surface area (Å²) in [6.07, 6.45) is 67.1. The molecule has 0 saturated carbocycles. The molecule has 0 N–H and O–H groups in total. The van der Waals surface area contributed by atoms with Gasteiger partial charge >= 0.3 is 11.9 Å². The molecule has 9 nitrogen and oxygen atoms in total. The van der Waals surface area contributed by atoms with E-state index in [0.29, 0.717) is 17.4 Å². The minimum atomic E-state index is -1.63. The van der Waals surface area contributed by atoms with Crippen molar-refractivity contribution in [1.82, 2.24) is 0 Å². The average molecular weight is 976 g/mol. The van der Waals surface area contributed by atoms with E-state index in [-0.39, 0.29) is 38.6 Å². The standard InChI is InChI=1S/C61H101NO8/c1-6-8-10-12-14-16-18-20-21-22-23-24-25-26-27-28-29-30-31-32-33-34-35-36-37-38-39-40-42-44-46-48-50-52-59(64)70-57(56-69-61(60(65)66)67-54-53-62(3,4)5)55-68-58(63)51-49-47-45-43-41-19-17-15-13-11-9-7-2/h8,10,14-17,20-21,23-24,26-27,29-30,32-33,35-36,57,61H,6-7,9,11-13,18-19,22,25,28,31,34,37-56H2,1-5H3/b10-8-,16-14-,17-15-,21-20-,24-23-,27-26-,30-29-,33-32-,36-35-. The van der Waals surface area contributed by atoms with Crippen LogP contribution in [0.15, 0.2) is 109 Å². The van der Waals surface area contributed by atoms with Crippen LogP contribution >= 0.6 is 0 Å². The third kappa shape index (κ3) is 51.8. The largest absolute Gasteiger partial charge is 0.545 e. The van der Waals surface area contributed by atoms with Crippen LogP contribution < -0.4 is 5.11 Å². The summed E-state index contributed by atoms with van der Waals surface area (Å²) in [6.45, 7) is 4.56. The molecule has 0 amide bonds. The third-order valence-electron chi connectivity index (χ3n) is 11.3. The zero-order valence-corrected chi connectivity index (χ0v) is 45.1. The van der Waals surface area contributed by atoms with Crippen molar-refractivity contribution in [3.8, 4) is 0 Å². The molecule has 398 valence electrons. The van der Waals surface area contributed by atoms with Gasteiger partial charge in [-0.25, -0.2) is 0 Å². The van der Waals surface area contributed by atoms with E-state index in [1.54, 1.807) is 0 Å². The van der Waals surface area contributed by atoms with Crippen LogP contribution in [0.3, 0.4) is 0 Å². The van der Waals surface area contributed by atoms with E-state index >= 15 is 0 Å². The summed E-state index contributed by atoms with van der Waals surface area (Å²) in [5, 5.41) is 11.7. The monoisotopic (exact) mass is 976 g/mol. The fourth-order valence-electron chi connectivity index (χ4n) is 7.02. The number of carboxylic acid groups (broad SMARTS) is 1. The fraction of sp³-hybridized carbons (Fsp3) is 0.656. The Balaban J connectivity index is 4.24. The number of ether oxygens (including phenoxy) is 4. The van der Waals surface area contributed by atoms with E-state index in [9.17, 15) is 19.5 Å². The van der Waals surface area contributed by atoms with Gasteiger partial charge in [0.05, 0.1) is 40.3 Å². The second-order valence-corrected chi connectivity index (χ2v) is 19.1. The average Bonchev–Trinajstić information content (AvgIpc) is 3.33. The molecule has 0 aliphatic rings. The first-order valence-electron chi connectivity index (χ1n) is 27.5. The molecule has 2 unspecified atom stereocenters. The van der Waals surface area contributed by atoms with Crippen molar-refractivity contribution in [1.29, 1.82) is 0 Å². The Morgan fingerprint density at radius 2 is 0.814 bits per heavy atom. The molecule has 0 aromatic carbocycles. The van der Waals surface area contributed by atoms with Crippen molar-refractivity contribution in [3.63, 3.8) is 0 Å². The van der Waals surface area contributed by atoms with E-state index < -0.39 is 24.3 Å². The maximum absolute atomic E-state index is 12.8. The fourth-order valence-corrected chi connectivity index (χ4v) is 7.02. The minimum Gasteiger partial charge on any atom is -0.545 e. The molecule has 0 aliphatic heterocycles. The number of hydrogen-bond acceptors (Lipinski definition) is 8. The van der Waals surface area contributed by atoms with E-state index in [1.165, 1.54) is 44.9 Å². The lowest BCUT2D eigenvalue weighted by atomic mass is 10.1. The van der Waals surface area contributed by atoms with Crippen LogP contribution in [0.1, 0.15) is 200 Å². The van der Waals surface area contributed by atoms with Crippen molar-refractivity contribution < 1.29 is 42.9 Å². The number of hydrogen-bond donors (Lipinski definition) is 0. The van der Waals surface area contributed by atoms with Gasteiger partial charge in [-0.1, -0.05) is 194 Å². The highest BCUT2D eigenvalue weighted by atomic mass is 16.7. The normalized spacial score (nSPS) is 13.7. The first-order valence-corrected chi connectivity index (χ1v) is 27.5. The summed E-state index contributed by atoms with van der Waals surface area (Å²) in [5.74, 6) is -2.32. The van der Waals surface area contributed by atoms with Crippen molar-refractivity contribution in [2.75, 3.05) is 47.5 Å². The number of allylic oxidation sites excluding steroid dienone is 18. The van der Waals surface area contributed by atoms with Gasteiger partial charge in [-0.15, -0.1) is 0 Å². The van der Waals surface area contributed by atoms with E-state index in [1.807, 2.05) is 21.1 Å². The SMILES string of the molecule is CC/C=C\C/C=C\C/C=C\C/C=C\C/C=C\C/C=C\C/C=C\C/C=C\CCCCCCCCCCC(=O)OC(COC(=O)CCCCCCC/C=C\CCCCC)COC(OCC[N+](C)(C)C)C(=O)[O-]. The number of nitrogens with zero attached hydrogens (tertiary/aromatic N) is 1. The number of unbranched alkanes of at least 4 members (excludes halogenated alkanes) is 16. The van der Waals surface area contributed by atoms with E-state index in [0.717, 1.165) is 122 Å². The number of quaternary nitrogens is 1. The molecule has 0 aliphatic carbocycles. The summed E-state index contributed by atoms with van der Waals surface area (Å²) in [6, 6.07) is 0. The first-order chi connectivity index (χ1) is 34.1. The molecule has 0 spiro atoms. The molecule has 0 rings (SSSR count). The molecular formula is C61H101NO8. The van der Waals surface area contributed by atoms with Crippen LogP contribution in [0.4, 0.5) is 0 Å². The molecular weight excluding hydrogens is 875 g/mol. The highest BCUT2D eigenvalue weighted by molar-refractivity contribution is 5.70. The Bertz CT molecular complexity index is 1510. The Morgan fingerprint density at radius 1 is 0.443 bits per heavy atom. The number of likely N-dealkylation sites (N-methyl/N-ethyl adjacent to an activating group) is 1. The third-order valence-corrected chi connectivity index (χ3v) is 11.3. The smallest absolute Gasteiger partial charge is 0.306 e. The molecule has 0 radical (unpaired) electrons. The number of esters is 2. The maximum atomic E-state index is 12.8. The predicted molar refractivity (Wildman–Crippen MR) is 292 cm³/mol. The Hall–Kier alpha value is -4.05. The van der Waals surface area contributed by atoms with Gasteiger partial charge in [-0.05, 0) is 103 Å². The van der Waals surface area contributed by atoms with Crippen molar-refractivity contribution in [2.24, 2.45) is 0 Å². The number of rotatable bonds is 49. The van der Waals surface area contributed by atoms with Crippen molar-refractivity contribution >= 4 is 17.9 Å². The second-order valence-electron chi connectivity index (χ2n) is 19.1. The van der Waals surface area contributed by atoms with Gasteiger partial charge in [-0.3, -0.25) is 9.59 Å². The van der Waals surface area contributed by atoms with Crippen molar-refractivity contribution in [2.45, 2.75) is 212 Å².